The van der Waals surface area contributed by atoms with Crippen LogP contribution in [0.2, 0.25) is 5.02 Å². The van der Waals surface area contributed by atoms with Gasteiger partial charge in [-0.2, -0.15) is 0 Å². The molecule has 0 fully saturated rings. The topological polar surface area (TPSA) is 59.1 Å². The number of anilines is 1. The van der Waals surface area contributed by atoms with Crippen molar-refractivity contribution in [3.63, 3.8) is 0 Å². The van der Waals surface area contributed by atoms with Crippen LogP contribution in [0.1, 0.15) is 12.5 Å². The summed E-state index contributed by atoms with van der Waals surface area (Å²) in [6.07, 6.45) is 0. The van der Waals surface area contributed by atoms with E-state index in [1.165, 1.54) is 26.0 Å². The maximum Gasteiger partial charge on any atom is 0.242 e. The quantitative estimate of drug-likeness (QED) is 0.727. The Hall–Kier alpha value is -2.73. The number of methoxy groups -OCH3 is 2. The molecule has 0 aliphatic rings. The fraction of sp³-hybridized carbons (Fsp3) is 0.300. The molecule has 0 atom stereocenters. The van der Waals surface area contributed by atoms with Crippen LogP contribution in [0.5, 0.6) is 11.5 Å². The monoisotopic (exact) mass is 390 g/mol. The number of amides is 2. The van der Waals surface area contributed by atoms with Gasteiger partial charge in [0.05, 0.1) is 24.9 Å². The number of halogens is 1. The van der Waals surface area contributed by atoms with Crippen molar-refractivity contribution in [3.05, 3.63) is 53.1 Å². The highest BCUT2D eigenvalue weighted by Crippen LogP contribution is 2.38. The van der Waals surface area contributed by atoms with Crippen molar-refractivity contribution in [2.24, 2.45) is 0 Å². The minimum atomic E-state index is -0.292. The first-order valence-corrected chi connectivity index (χ1v) is 8.72. The van der Waals surface area contributed by atoms with Crippen LogP contribution in [0.25, 0.3) is 0 Å². The third-order valence-corrected chi connectivity index (χ3v) is 4.40. The lowest BCUT2D eigenvalue weighted by Gasteiger charge is -2.26. The molecule has 2 aromatic rings. The van der Waals surface area contributed by atoms with E-state index in [1.54, 1.807) is 24.1 Å². The summed E-state index contributed by atoms with van der Waals surface area (Å²) in [4.78, 5) is 27.9. The molecule has 0 unspecified atom stereocenters. The first-order chi connectivity index (χ1) is 12.9. The Morgan fingerprint density at radius 3 is 2.22 bits per heavy atom. The molecule has 0 bridgehead atoms. The third-order valence-electron chi connectivity index (χ3n) is 4.11. The molecular weight excluding hydrogens is 368 g/mol. The predicted molar refractivity (Wildman–Crippen MR) is 105 cm³/mol. The SMILES string of the molecule is COc1cc(N(CC(=O)N(C)Cc2ccccc2)C(C)=O)c(OC)cc1Cl. The summed E-state index contributed by atoms with van der Waals surface area (Å²) in [5, 5.41) is 0.356. The fourth-order valence-electron chi connectivity index (χ4n) is 2.62. The molecule has 0 saturated heterocycles. The molecule has 144 valence electrons. The standard InChI is InChI=1S/C20H23ClN2O4/c1-14(24)23(17-11-18(26-3)16(21)10-19(17)27-4)13-20(25)22(2)12-15-8-6-5-7-9-15/h5-11H,12-13H2,1-4H3. The molecule has 0 saturated carbocycles. The van der Waals surface area contributed by atoms with Crippen LogP contribution in [-0.4, -0.2) is 44.5 Å². The van der Waals surface area contributed by atoms with Gasteiger partial charge in [0.15, 0.2) is 0 Å². The Morgan fingerprint density at radius 1 is 1.04 bits per heavy atom. The molecule has 27 heavy (non-hydrogen) atoms. The normalized spacial score (nSPS) is 10.3. The van der Waals surface area contributed by atoms with Gasteiger partial charge in [0.2, 0.25) is 11.8 Å². The summed E-state index contributed by atoms with van der Waals surface area (Å²) in [5.74, 6) is 0.280. The number of rotatable bonds is 7. The molecule has 2 aromatic carbocycles. The van der Waals surface area contributed by atoms with Gasteiger partial charge in [0.25, 0.3) is 0 Å². The molecule has 0 aromatic heterocycles. The van der Waals surface area contributed by atoms with Crippen molar-refractivity contribution >= 4 is 29.1 Å². The smallest absolute Gasteiger partial charge is 0.242 e. The highest BCUT2D eigenvalue weighted by Gasteiger charge is 2.23. The van der Waals surface area contributed by atoms with E-state index in [1.807, 2.05) is 30.3 Å². The van der Waals surface area contributed by atoms with Crippen LogP contribution in [0.15, 0.2) is 42.5 Å². The number of nitrogens with zero attached hydrogens (tertiary/aromatic N) is 2. The third kappa shape index (κ3) is 5.14. The van der Waals surface area contributed by atoms with Crippen LogP contribution in [0.4, 0.5) is 5.69 Å². The van der Waals surface area contributed by atoms with E-state index < -0.39 is 0 Å². The van der Waals surface area contributed by atoms with Gasteiger partial charge in [0.1, 0.15) is 18.0 Å². The van der Waals surface area contributed by atoms with Crippen molar-refractivity contribution < 1.29 is 19.1 Å². The van der Waals surface area contributed by atoms with Crippen LogP contribution in [0, 0.1) is 0 Å². The molecule has 6 nitrogen and oxygen atoms in total. The summed E-state index contributed by atoms with van der Waals surface area (Å²) < 4.78 is 10.6. The highest BCUT2D eigenvalue weighted by atomic mass is 35.5. The Balaban J connectivity index is 2.25. The molecule has 0 N–H and O–H groups in total. The largest absolute Gasteiger partial charge is 0.495 e. The van der Waals surface area contributed by atoms with E-state index in [0.717, 1.165) is 5.56 Å². The van der Waals surface area contributed by atoms with E-state index in [-0.39, 0.29) is 18.4 Å². The molecule has 0 radical (unpaired) electrons. The molecule has 0 aliphatic carbocycles. The second-order valence-corrected chi connectivity index (χ2v) is 6.41. The number of hydrogen-bond acceptors (Lipinski definition) is 4. The molecular formula is C20H23ClN2O4. The minimum Gasteiger partial charge on any atom is -0.495 e. The average molecular weight is 391 g/mol. The van der Waals surface area contributed by atoms with E-state index in [4.69, 9.17) is 21.1 Å². The van der Waals surface area contributed by atoms with E-state index >= 15 is 0 Å². The summed E-state index contributed by atoms with van der Waals surface area (Å²) in [5.41, 5.74) is 1.43. The van der Waals surface area contributed by atoms with Gasteiger partial charge in [0, 0.05) is 32.6 Å². The second kappa shape index (κ2) is 9.28. The lowest BCUT2D eigenvalue weighted by molar-refractivity contribution is -0.130. The lowest BCUT2D eigenvalue weighted by Crippen LogP contribution is -2.40. The van der Waals surface area contributed by atoms with Gasteiger partial charge >= 0.3 is 0 Å². The van der Waals surface area contributed by atoms with Gasteiger partial charge in [-0.3, -0.25) is 14.5 Å². The van der Waals surface area contributed by atoms with Gasteiger partial charge in [-0.25, -0.2) is 0 Å². The molecule has 7 heteroatoms. The summed E-state index contributed by atoms with van der Waals surface area (Å²) >= 11 is 6.13. The minimum absolute atomic E-state index is 0.125. The van der Waals surface area contributed by atoms with Gasteiger partial charge < -0.3 is 14.4 Å². The van der Waals surface area contributed by atoms with Crippen molar-refractivity contribution in [1.82, 2.24) is 4.90 Å². The zero-order chi connectivity index (χ0) is 20.0. The van der Waals surface area contributed by atoms with E-state index in [2.05, 4.69) is 0 Å². The number of likely N-dealkylation sites (N-methyl/N-ethyl adjacent to an activating group) is 1. The Labute approximate surface area is 164 Å². The summed E-state index contributed by atoms with van der Waals surface area (Å²) in [7, 11) is 4.66. The van der Waals surface area contributed by atoms with Crippen molar-refractivity contribution in [1.29, 1.82) is 0 Å². The highest BCUT2D eigenvalue weighted by molar-refractivity contribution is 6.32. The maximum atomic E-state index is 12.7. The van der Waals surface area contributed by atoms with Crippen molar-refractivity contribution in [2.75, 3.05) is 32.7 Å². The number of benzene rings is 2. The van der Waals surface area contributed by atoms with Crippen LogP contribution in [0.3, 0.4) is 0 Å². The first kappa shape index (κ1) is 20.6. The Morgan fingerprint density at radius 2 is 1.67 bits per heavy atom. The van der Waals surface area contributed by atoms with Crippen LogP contribution < -0.4 is 14.4 Å². The van der Waals surface area contributed by atoms with Crippen LogP contribution in [-0.2, 0) is 16.1 Å². The lowest BCUT2D eigenvalue weighted by atomic mass is 10.2. The van der Waals surface area contributed by atoms with E-state index in [0.29, 0.717) is 28.8 Å². The number of hydrogen-bond donors (Lipinski definition) is 0. The molecule has 0 heterocycles. The molecule has 0 spiro atoms. The molecule has 0 aliphatic heterocycles. The number of ether oxygens (including phenoxy) is 2. The van der Waals surface area contributed by atoms with Crippen molar-refractivity contribution in [3.8, 4) is 11.5 Å². The van der Waals surface area contributed by atoms with Crippen molar-refractivity contribution in [2.45, 2.75) is 13.5 Å². The zero-order valence-corrected chi connectivity index (χ0v) is 16.6. The average Bonchev–Trinajstić information content (AvgIpc) is 2.66. The fourth-order valence-corrected chi connectivity index (χ4v) is 2.85. The first-order valence-electron chi connectivity index (χ1n) is 8.34. The van der Waals surface area contributed by atoms with E-state index in [9.17, 15) is 9.59 Å². The van der Waals surface area contributed by atoms with Crippen LogP contribution >= 0.6 is 11.6 Å². The molecule has 2 amide bonds. The number of carbonyl (C=O) groups excluding carboxylic acids is 2. The van der Waals surface area contributed by atoms with Gasteiger partial charge in [-0.05, 0) is 5.56 Å². The summed E-state index contributed by atoms with van der Waals surface area (Å²) in [6, 6.07) is 12.8. The zero-order valence-electron chi connectivity index (χ0n) is 15.9. The Kier molecular flexibility index (Phi) is 7.07. The van der Waals surface area contributed by atoms with Gasteiger partial charge in [-0.1, -0.05) is 41.9 Å². The predicted octanol–water partition coefficient (Wildman–Crippen LogP) is 3.37. The number of carbonyl (C=O) groups is 2. The summed E-state index contributed by atoms with van der Waals surface area (Å²) in [6.45, 7) is 1.72. The maximum absolute atomic E-state index is 12.7. The Bertz CT molecular complexity index is 811. The second-order valence-electron chi connectivity index (χ2n) is 6.00. The molecule has 2 rings (SSSR count). The van der Waals surface area contributed by atoms with Gasteiger partial charge in [-0.15, -0.1) is 0 Å².